The van der Waals surface area contributed by atoms with Crippen LogP contribution in [0.15, 0.2) is 18.3 Å². The Hall–Kier alpha value is -1.92. The molecule has 1 aromatic heterocycles. The first-order valence-electron chi connectivity index (χ1n) is 4.88. The Morgan fingerprint density at radius 1 is 1.53 bits per heavy atom. The molecule has 0 bridgehead atoms. The number of carboxylic acid groups (broad SMARTS) is 1. The molecule has 7 heteroatoms. The Kier molecular flexibility index (Phi) is 4.19. The number of carboxylic acids is 1. The van der Waals surface area contributed by atoms with Gasteiger partial charge < -0.3 is 15.0 Å². The third-order valence-corrected chi connectivity index (χ3v) is 2.11. The van der Waals surface area contributed by atoms with Crippen molar-refractivity contribution < 1.29 is 23.5 Å². The van der Waals surface area contributed by atoms with Gasteiger partial charge in [0.15, 0.2) is 0 Å². The number of nitrogens with one attached hydrogen (secondary N) is 1. The highest BCUT2D eigenvalue weighted by atomic mass is 19.3. The standard InChI is InChI=1S/C10H12F2N2O3/c1-6(10(16)17)13-9(15)7-3-2-4-14(7)5-8(11)12/h2-4,6,8H,5H2,1H3,(H,13,15)(H,16,17). The highest BCUT2D eigenvalue weighted by Gasteiger charge is 2.18. The molecule has 17 heavy (non-hydrogen) atoms. The van der Waals surface area contributed by atoms with E-state index in [4.69, 9.17) is 5.11 Å². The molecule has 0 saturated heterocycles. The second-order valence-corrected chi connectivity index (χ2v) is 3.47. The van der Waals surface area contributed by atoms with Crippen molar-refractivity contribution in [3.05, 3.63) is 24.0 Å². The Morgan fingerprint density at radius 2 is 2.18 bits per heavy atom. The first-order chi connectivity index (χ1) is 7.91. The minimum Gasteiger partial charge on any atom is -0.480 e. The molecule has 94 valence electrons. The van der Waals surface area contributed by atoms with Crippen molar-refractivity contribution in [2.45, 2.75) is 25.9 Å². The summed E-state index contributed by atoms with van der Waals surface area (Å²) in [5, 5.41) is 10.8. The van der Waals surface area contributed by atoms with Crippen molar-refractivity contribution in [1.82, 2.24) is 9.88 Å². The van der Waals surface area contributed by atoms with Crippen LogP contribution in [0, 0.1) is 0 Å². The van der Waals surface area contributed by atoms with Crippen LogP contribution in [0.2, 0.25) is 0 Å². The largest absolute Gasteiger partial charge is 0.480 e. The topological polar surface area (TPSA) is 71.3 Å². The van der Waals surface area contributed by atoms with Gasteiger partial charge in [0.1, 0.15) is 11.7 Å². The van der Waals surface area contributed by atoms with Crippen LogP contribution >= 0.6 is 0 Å². The lowest BCUT2D eigenvalue weighted by atomic mass is 10.3. The lowest BCUT2D eigenvalue weighted by Crippen LogP contribution is -2.39. The zero-order valence-electron chi connectivity index (χ0n) is 9.06. The summed E-state index contributed by atoms with van der Waals surface area (Å²) in [6, 6.07) is 1.73. The number of halogens is 2. The molecule has 1 aromatic rings. The number of nitrogens with zero attached hydrogens (tertiary/aromatic N) is 1. The summed E-state index contributed by atoms with van der Waals surface area (Å²) in [5.41, 5.74) is 0.0124. The van der Waals surface area contributed by atoms with Gasteiger partial charge in [-0.1, -0.05) is 0 Å². The fourth-order valence-electron chi connectivity index (χ4n) is 1.26. The quantitative estimate of drug-likeness (QED) is 0.812. The Morgan fingerprint density at radius 3 is 2.71 bits per heavy atom. The van der Waals surface area contributed by atoms with Crippen molar-refractivity contribution in [3.63, 3.8) is 0 Å². The number of rotatable bonds is 5. The SMILES string of the molecule is CC(NC(=O)c1cccn1CC(F)F)C(=O)O. The minimum absolute atomic E-state index is 0.0124. The number of amides is 1. The maximum absolute atomic E-state index is 12.2. The monoisotopic (exact) mass is 246 g/mol. The summed E-state index contributed by atoms with van der Waals surface area (Å²) in [7, 11) is 0. The molecule has 1 unspecified atom stereocenters. The van der Waals surface area contributed by atoms with Gasteiger partial charge in [-0.2, -0.15) is 0 Å². The number of alkyl halides is 2. The van der Waals surface area contributed by atoms with Gasteiger partial charge in [0.25, 0.3) is 12.3 Å². The van der Waals surface area contributed by atoms with Crippen LogP contribution in [0.4, 0.5) is 8.78 Å². The molecule has 0 aliphatic carbocycles. The Balaban J connectivity index is 2.75. The molecule has 0 saturated carbocycles. The van der Waals surface area contributed by atoms with E-state index in [1.165, 1.54) is 25.3 Å². The first-order valence-corrected chi connectivity index (χ1v) is 4.88. The van der Waals surface area contributed by atoms with Gasteiger partial charge in [0.05, 0.1) is 6.54 Å². The maximum atomic E-state index is 12.2. The first kappa shape index (κ1) is 13.1. The maximum Gasteiger partial charge on any atom is 0.325 e. The van der Waals surface area contributed by atoms with Crippen molar-refractivity contribution in [3.8, 4) is 0 Å². The molecule has 1 heterocycles. The lowest BCUT2D eigenvalue weighted by molar-refractivity contribution is -0.138. The van der Waals surface area contributed by atoms with E-state index in [1.807, 2.05) is 0 Å². The van der Waals surface area contributed by atoms with Gasteiger partial charge in [-0.15, -0.1) is 0 Å². The summed E-state index contributed by atoms with van der Waals surface area (Å²) in [6.07, 6.45) is -1.24. The number of hydrogen-bond donors (Lipinski definition) is 2. The second-order valence-electron chi connectivity index (χ2n) is 3.47. The summed E-state index contributed by atoms with van der Waals surface area (Å²) in [6.45, 7) is 0.692. The van der Waals surface area contributed by atoms with Crippen LogP contribution in [0.5, 0.6) is 0 Å². The highest BCUT2D eigenvalue weighted by Crippen LogP contribution is 2.06. The minimum atomic E-state index is -2.58. The van der Waals surface area contributed by atoms with E-state index in [-0.39, 0.29) is 5.69 Å². The molecule has 1 amide bonds. The van der Waals surface area contributed by atoms with E-state index in [1.54, 1.807) is 0 Å². The smallest absolute Gasteiger partial charge is 0.325 e. The van der Waals surface area contributed by atoms with Crippen LogP contribution < -0.4 is 5.32 Å². The third kappa shape index (κ3) is 3.54. The van der Waals surface area contributed by atoms with Gasteiger partial charge in [-0.05, 0) is 19.1 Å². The van der Waals surface area contributed by atoms with Gasteiger partial charge in [-0.3, -0.25) is 9.59 Å². The van der Waals surface area contributed by atoms with E-state index in [9.17, 15) is 18.4 Å². The van der Waals surface area contributed by atoms with Gasteiger partial charge in [0, 0.05) is 6.20 Å². The lowest BCUT2D eigenvalue weighted by Gasteiger charge is -2.11. The summed E-state index contributed by atoms with van der Waals surface area (Å²) in [5.74, 6) is -1.88. The van der Waals surface area contributed by atoms with E-state index in [0.717, 1.165) is 4.57 Å². The Bertz CT molecular complexity index is 417. The zero-order valence-corrected chi connectivity index (χ0v) is 9.06. The molecule has 2 N–H and O–H groups in total. The molecule has 1 atom stereocenters. The molecule has 5 nitrogen and oxygen atoms in total. The molecular formula is C10H12F2N2O3. The molecule has 0 spiro atoms. The van der Waals surface area contributed by atoms with Crippen LogP contribution in [0.3, 0.4) is 0 Å². The number of aliphatic carboxylic acids is 1. The predicted molar refractivity (Wildman–Crippen MR) is 55.0 cm³/mol. The highest BCUT2D eigenvalue weighted by molar-refractivity contribution is 5.95. The summed E-state index contributed by atoms with van der Waals surface area (Å²) in [4.78, 5) is 22.1. The van der Waals surface area contributed by atoms with Crippen LogP contribution in [0.25, 0.3) is 0 Å². The average molecular weight is 246 g/mol. The zero-order chi connectivity index (χ0) is 13.0. The molecule has 0 aliphatic rings. The van der Waals surface area contributed by atoms with Crippen LogP contribution in [-0.4, -0.2) is 34.0 Å². The van der Waals surface area contributed by atoms with Crippen molar-refractivity contribution in [2.75, 3.05) is 0 Å². The van der Waals surface area contributed by atoms with Crippen LogP contribution in [-0.2, 0) is 11.3 Å². The van der Waals surface area contributed by atoms with Crippen molar-refractivity contribution in [2.24, 2.45) is 0 Å². The second kappa shape index (κ2) is 5.42. The van der Waals surface area contributed by atoms with Gasteiger partial charge >= 0.3 is 5.97 Å². The van der Waals surface area contributed by atoms with E-state index < -0.39 is 30.9 Å². The number of carbonyl (C=O) groups excluding carboxylic acids is 1. The molecule has 1 rings (SSSR count). The van der Waals surface area contributed by atoms with Gasteiger partial charge in [0.2, 0.25) is 0 Å². The molecule has 0 aromatic carbocycles. The fraction of sp³-hybridized carbons (Fsp3) is 0.400. The number of hydrogen-bond acceptors (Lipinski definition) is 2. The number of aromatic nitrogens is 1. The summed E-state index contributed by atoms with van der Waals surface area (Å²) >= 11 is 0. The third-order valence-electron chi connectivity index (χ3n) is 2.11. The predicted octanol–water partition coefficient (Wildman–Crippen LogP) is 0.956. The molecule has 0 aliphatic heterocycles. The van der Waals surface area contributed by atoms with Gasteiger partial charge in [-0.25, -0.2) is 8.78 Å². The van der Waals surface area contributed by atoms with E-state index >= 15 is 0 Å². The average Bonchev–Trinajstić information content (AvgIpc) is 2.64. The Labute approximate surface area is 96.0 Å². The molecular weight excluding hydrogens is 234 g/mol. The van der Waals surface area contributed by atoms with Crippen molar-refractivity contribution >= 4 is 11.9 Å². The van der Waals surface area contributed by atoms with E-state index in [0.29, 0.717) is 0 Å². The fourth-order valence-corrected chi connectivity index (χ4v) is 1.26. The van der Waals surface area contributed by atoms with Crippen molar-refractivity contribution in [1.29, 1.82) is 0 Å². The summed E-state index contributed by atoms with van der Waals surface area (Å²) < 4.78 is 25.4. The molecule has 0 fully saturated rings. The van der Waals surface area contributed by atoms with E-state index in [2.05, 4.69) is 5.32 Å². The number of carbonyl (C=O) groups is 2. The van der Waals surface area contributed by atoms with Crippen LogP contribution in [0.1, 0.15) is 17.4 Å². The normalized spacial score (nSPS) is 12.5. The molecule has 0 radical (unpaired) electrons.